The number of aromatic nitrogens is 2. The fraction of sp³-hybridized carbons (Fsp3) is 0.407. The Hall–Kier alpha value is -3.28. The van der Waals surface area contributed by atoms with E-state index >= 15 is 0 Å². The Balaban J connectivity index is 2.03. The zero-order chi connectivity index (χ0) is 24.2. The molecule has 0 atom stereocenters. The fourth-order valence-corrected chi connectivity index (χ4v) is 3.22. The summed E-state index contributed by atoms with van der Waals surface area (Å²) >= 11 is 0. The highest BCUT2D eigenvalue weighted by Crippen LogP contribution is 2.22. The van der Waals surface area contributed by atoms with Crippen LogP contribution < -0.4 is 4.74 Å². The summed E-state index contributed by atoms with van der Waals surface area (Å²) < 4.78 is 5.36. The molecule has 6 heteroatoms. The van der Waals surface area contributed by atoms with Gasteiger partial charge in [0.15, 0.2) is 0 Å². The van der Waals surface area contributed by atoms with Crippen molar-refractivity contribution >= 4 is 11.4 Å². The Bertz CT molecular complexity index is 1030. The lowest BCUT2D eigenvalue weighted by Gasteiger charge is -2.10. The topological polar surface area (TPSA) is 69.0 Å². The standard InChI is InChI=1S/C27H36N4O2/c1-8-12-25(27(19(3)4)29-20(5)9-2)31-33-16-11-14-22-13-10-15-24(30-22)26-18-23(32-7)17-21(6)28-26/h9-10,13,15,17-18H,2,8,11-12,14,16H2,1,3-7H3/b29-20?,31-25+. The summed E-state index contributed by atoms with van der Waals surface area (Å²) in [6.07, 6.45) is 5.12. The maximum absolute atomic E-state index is 5.68. The molecule has 2 rings (SSSR count). The number of nitrogens with zero attached hydrogens (tertiary/aromatic N) is 4. The largest absolute Gasteiger partial charge is 0.497 e. The summed E-state index contributed by atoms with van der Waals surface area (Å²) in [5.41, 5.74) is 7.26. The van der Waals surface area contributed by atoms with Crippen LogP contribution in [0.15, 0.2) is 64.4 Å². The van der Waals surface area contributed by atoms with Crippen molar-refractivity contribution in [2.45, 2.75) is 60.3 Å². The molecule has 0 spiro atoms. The minimum absolute atomic E-state index is 0.510. The number of aryl methyl sites for hydroxylation is 2. The number of oxime groups is 1. The van der Waals surface area contributed by atoms with Gasteiger partial charge in [0.25, 0.3) is 0 Å². The van der Waals surface area contributed by atoms with Gasteiger partial charge in [-0.1, -0.05) is 31.1 Å². The lowest BCUT2D eigenvalue weighted by molar-refractivity contribution is 0.141. The smallest absolute Gasteiger partial charge is 0.122 e. The van der Waals surface area contributed by atoms with Gasteiger partial charge in [-0.05, 0) is 70.7 Å². The van der Waals surface area contributed by atoms with Gasteiger partial charge in [0.2, 0.25) is 0 Å². The zero-order valence-electron chi connectivity index (χ0n) is 20.8. The van der Waals surface area contributed by atoms with E-state index in [0.717, 1.165) is 76.9 Å². The quantitative estimate of drug-likeness (QED) is 0.211. The van der Waals surface area contributed by atoms with E-state index < -0.39 is 0 Å². The first-order chi connectivity index (χ1) is 15.9. The van der Waals surface area contributed by atoms with Crippen molar-refractivity contribution in [3.8, 4) is 17.1 Å². The number of hydrogen-bond acceptors (Lipinski definition) is 6. The first-order valence-electron chi connectivity index (χ1n) is 11.4. The third-order valence-electron chi connectivity index (χ3n) is 4.89. The first-order valence-corrected chi connectivity index (χ1v) is 11.4. The van der Waals surface area contributed by atoms with Crippen LogP contribution in [0.1, 0.15) is 58.3 Å². The molecule has 0 saturated carbocycles. The second-order valence-corrected chi connectivity index (χ2v) is 8.08. The second-order valence-electron chi connectivity index (χ2n) is 8.08. The van der Waals surface area contributed by atoms with Crippen molar-refractivity contribution < 1.29 is 9.57 Å². The molecule has 0 amide bonds. The molecule has 0 aliphatic carbocycles. The van der Waals surface area contributed by atoms with Crippen LogP contribution in [-0.2, 0) is 11.3 Å². The molecule has 0 fully saturated rings. The van der Waals surface area contributed by atoms with Crippen LogP contribution in [0, 0.1) is 6.92 Å². The van der Waals surface area contributed by atoms with Crippen molar-refractivity contribution in [2.75, 3.05) is 13.7 Å². The van der Waals surface area contributed by atoms with E-state index in [1.54, 1.807) is 13.2 Å². The van der Waals surface area contributed by atoms with E-state index in [1.165, 1.54) is 0 Å². The molecule has 0 aliphatic heterocycles. The minimum Gasteiger partial charge on any atom is -0.497 e. The van der Waals surface area contributed by atoms with Crippen molar-refractivity contribution in [3.05, 3.63) is 65.6 Å². The van der Waals surface area contributed by atoms with Gasteiger partial charge in [0, 0.05) is 29.2 Å². The molecule has 2 aromatic heterocycles. The monoisotopic (exact) mass is 448 g/mol. The van der Waals surface area contributed by atoms with E-state index in [0.29, 0.717) is 6.61 Å². The van der Waals surface area contributed by atoms with Crippen LogP contribution in [0.2, 0.25) is 0 Å². The molecule has 33 heavy (non-hydrogen) atoms. The third-order valence-corrected chi connectivity index (χ3v) is 4.89. The molecule has 0 radical (unpaired) electrons. The molecule has 0 N–H and O–H groups in total. The lowest BCUT2D eigenvalue weighted by Crippen LogP contribution is -2.06. The summed E-state index contributed by atoms with van der Waals surface area (Å²) in [7, 11) is 1.66. The van der Waals surface area contributed by atoms with Gasteiger partial charge in [0.1, 0.15) is 18.1 Å². The van der Waals surface area contributed by atoms with Gasteiger partial charge in [-0.25, -0.2) is 0 Å². The number of rotatable bonds is 12. The van der Waals surface area contributed by atoms with Crippen LogP contribution in [0.4, 0.5) is 0 Å². The molecule has 0 bridgehead atoms. The van der Waals surface area contributed by atoms with Crippen molar-refractivity contribution in [1.29, 1.82) is 0 Å². The van der Waals surface area contributed by atoms with Crippen LogP contribution in [0.5, 0.6) is 5.75 Å². The number of methoxy groups -OCH3 is 1. The maximum atomic E-state index is 5.68. The normalized spacial score (nSPS) is 11.8. The molecular weight excluding hydrogens is 412 g/mol. The molecular formula is C27H36N4O2. The van der Waals surface area contributed by atoms with Crippen LogP contribution in [-0.4, -0.2) is 35.1 Å². The van der Waals surface area contributed by atoms with E-state index in [1.807, 2.05) is 58.0 Å². The van der Waals surface area contributed by atoms with Gasteiger partial charge in [-0.15, -0.1) is 0 Å². The molecule has 0 aromatic carbocycles. The van der Waals surface area contributed by atoms with Crippen LogP contribution >= 0.6 is 0 Å². The molecule has 0 aliphatic rings. The first kappa shape index (κ1) is 26.0. The van der Waals surface area contributed by atoms with Gasteiger partial charge < -0.3 is 9.57 Å². The predicted octanol–water partition coefficient (Wildman–Crippen LogP) is 6.51. The van der Waals surface area contributed by atoms with Gasteiger partial charge in [-0.3, -0.25) is 15.0 Å². The number of allylic oxidation sites excluding steroid dienone is 3. The van der Waals surface area contributed by atoms with Gasteiger partial charge >= 0.3 is 0 Å². The Morgan fingerprint density at radius 2 is 1.91 bits per heavy atom. The lowest BCUT2D eigenvalue weighted by atomic mass is 10.1. The highest BCUT2D eigenvalue weighted by molar-refractivity contribution is 6.04. The van der Waals surface area contributed by atoms with Crippen molar-refractivity contribution in [3.63, 3.8) is 0 Å². The molecule has 176 valence electrons. The average molecular weight is 449 g/mol. The third kappa shape index (κ3) is 8.29. The minimum atomic E-state index is 0.510. The fourth-order valence-electron chi connectivity index (χ4n) is 3.22. The SMILES string of the molecule is C=CC(C)=NC(=C(C)C)/C(CCC)=N/OCCCc1cccc(-c2cc(OC)cc(C)n2)n1. The Morgan fingerprint density at radius 1 is 1.12 bits per heavy atom. The maximum Gasteiger partial charge on any atom is 0.122 e. The van der Waals surface area contributed by atoms with Gasteiger partial charge in [0.05, 0.1) is 24.2 Å². The number of ether oxygens (including phenoxy) is 1. The van der Waals surface area contributed by atoms with E-state index in [9.17, 15) is 0 Å². The van der Waals surface area contributed by atoms with Crippen LogP contribution in [0.25, 0.3) is 11.4 Å². The Kier molecular flexibility index (Phi) is 10.5. The number of hydrogen-bond donors (Lipinski definition) is 0. The second kappa shape index (κ2) is 13.3. The van der Waals surface area contributed by atoms with Crippen molar-refractivity contribution in [1.82, 2.24) is 9.97 Å². The Morgan fingerprint density at radius 3 is 2.58 bits per heavy atom. The van der Waals surface area contributed by atoms with Gasteiger partial charge in [-0.2, -0.15) is 0 Å². The molecule has 0 saturated heterocycles. The average Bonchev–Trinajstić information content (AvgIpc) is 2.81. The van der Waals surface area contributed by atoms with E-state index in [2.05, 4.69) is 28.6 Å². The van der Waals surface area contributed by atoms with Crippen molar-refractivity contribution in [2.24, 2.45) is 10.1 Å². The molecule has 6 nitrogen and oxygen atoms in total. The molecule has 2 heterocycles. The summed E-state index contributed by atoms with van der Waals surface area (Å²) in [6, 6.07) is 9.81. The number of pyridine rings is 2. The Labute approximate surface area is 198 Å². The summed E-state index contributed by atoms with van der Waals surface area (Å²) in [6.45, 7) is 14.4. The number of aliphatic imine (C=N–C) groups is 1. The highest BCUT2D eigenvalue weighted by Gasteiger charge is 2.10. The van der Waals surface area contributed by atoms with E-state index in [4.69, 9.17) is 14.6 Å². The summed E-state index contributed by atoms with van der Waals surface area (Å²) in [5, 5.41) is 4.42. The highest BCUT2D eigenvalue weighted by atomic mass is 16.6. The van der Waals surface area contributed by atoms with Crippen LogP contribution in [0.3, 0.4) is 0 Å². The zero-order valence-corrected chi connectivity index (χ0v) is 20.8. The van der Waals surface area contributed by atoms with E-state index in [-0.39, 0.29) is 0 Å². The molecule has 2 aromatic rings. The molecule has 0 unspecified atom stereocenters. The summed E-state index contributed by atoms with van der Waals surface area (Å²) in [5.74, 6) is 0.780. The predicted molar refractivity (Wildman–Crippen MR) is 137 cm³/mol. The summed E-state index contributed by atoms with van der Waals surface area (Å²) in [4.78, 5) is 19.7.